The van der Waals surface area contributed by atoms with E-state index in [9.17, 15) is 37.5 Å². The molecule has 5 aromatic rings. The smallest absolute Gasteiger partial charge is 0.416 e. The van der Waals surface area contributed by atoms with Crippen LogP contribution in [-0.4, -0.2) is 92.4 Å². The van der Waals surface area contributed by atoms with Crippen LogP contribution in [0.25, 0.3) is 0 Å². The fourth-order valence-electron chi connectivity index (χ4n) is 7.25. The Bertz CT molecular complexity index is 2620. The van der Waals surface area contributed by atoms with Gasteiger partial charge in [-0.15, -0.1) is 0 Å². The number of hydrogen-bond donors (Lipinski definition) is 1. The van der Waals surface area contributed by atoms with Crippen molar-refractivity contribution in [3.8, 4) is 11.5 Å². The number of carboxylic acid groups (broad SMARTS) is 1. The number of carbonyl (C=O) groups excluding carboxylic acids is 3. The van der Waals surface area contributed by atoms with Gasteiger partial charge >= 0.3 is 30.1 Å². The zero-order chi connectivity index (χ0) is 46.6. The van der Waals surface area contributed by atoms with Crippen molar-refractivity contribution in [3.05, 3.63) is 148 Å². The highest BCUT2D eigenvalue weighted by atomic mass is 19.4. The molecular formula is C47H42F4N4O10. The molecule has 7 rings (SSSR count). The normalized spacial score (nSPS) is 15.8. The number of ether oxygens (including phenoxy) is 5. The molecule has 1 saturated heterocycles. The number of aryl methyl sites for hydroxylation is 2. The Labute approximate surface area is 370 Å². The summed E-state index contributed by atoms with van der Waals surface area (Å²) in [5.74, 6) is -6.58. The summed E-state index contributed by atoms with van der Waals surface area (Å²) in [4.78, 5) is 64.3. The molecule has 0 aliphatic carbocycles. The molecule has 2 unspecified atom stereocenters. The molecule has 65 heavy (non-hydrogen) atoms. The van der Waals surface area contributed by atoms with Crippen LogP contribution in [0.15, 0.2) is 114 Å². The third-order valence-corrected chi connectivity index (χ3v) is 10.7. The molecule has 2 aliphatic rings. The van der Waals surface area contributed by atoms with Gasteiger partial charge in [-0.2, -0.15) is 13.2 Å². The number of piperazine rings is 1. The van der Waals surface area contributed by atoms with Crippen LogP contribution in [0.2, 0.25) is 0 Å². The monoisotopic (exact) mass is 898 g/mol. The second-order valence-corrected chi connectivity index (χ2v) is 15.0. The van der Waals surface area contributed by atoms with Crippen LogP contribution in [0.3, 0.4) is 0 Å². The molecule has 5 aromatic carbocycles. The van der Waals surface area contributed by atoms with Gasteiger partial charge in [-0.25, -0.2) is 28.6 Å². The third-order valence-electron chi connectivity index (χ3n) is 10.7. The highest BCUT2D eigenvalue weighted by Crippen LogP contribution is 2.46. The molecule has 0 amide bonds. The fraction of sp³-hybridized carbons (Fsp3) is 0.255. The van der Waals surface area contributed by atoms with Gasteiger partial charge in [0.25, 0.3) is 0 Å². The maximum atomic E-state index is 16.0. The number of anilines is 2. The van der Waals surface area contributed by atoms with E-state index in [4.69, 9.17) is 23.7 Å². The number of fused-ring (bicyclic) bond motifs is 1. The average Bonchev–Trinajstić information content (AvgIpc) is 3.30. The van der Waals surface area contributed by atoms with Gasteiger partial charge in [-0.3, -0.25) is 4.90 Å². The minimum absolute atomic E-state index is 0.106. The van der Waals surface area contributed by atoms with Gasteiger partial charge in [-0.05, 0) is 74.5 Å². The number of guanidine groups is 1. The summed E-state index contributed by atoms with van der Waals surface area (Å²) in [5, 5.41) is 10.5. The lowest BCUT2D eigenvalue weighted by Gasteiger charge is -2.45. The number of halogens is 4. The number of aliphatic carboxylic acids is 1. The van der Waals surface area contributed by atoms with Gasteiger partial charge < -0.3 is 38.6 Å². The van der Waals surface area contributed by atoms with Crippen LogP contribution in [0.5, 0.6) is 11.5 Å². The molecule has 2 aliphatic heterocycles. The molecule has 2 heterocycles. The Morgan fingerprint density at radius 2 is 1.31 bits per heavy atom. The lowest BCUT2D eigenvalue weighted by molar-refractivity contribution is -0.174. The minimum Gasteiger partial charge on any atom is -0.497 e. The van der Waals surface area contributed by atoms with Crippen molar-refractivity contribution in [2.24, 2.45) is 4.99 Å². The SMILES string of the molecule is COc1cccc(N2CCN(C3=Nc4c(F)cccc4[C@H](OC(=O)C(OC(=O)c4ccc(C)cc4)C(OC(=O)c4ccc(C)cc4)C(=O)O)N3c3cc(C(F)(F)F)ccc3OC)CC2)c1. The van der Waals surface area contributed by atoms with Crippen molar-refractivity contribution < 1.29 is 65.5 Å². The number of aliphatic imine (C=N–C) groups is 1. The molecule has 0 bridgehead atoms. The van der Waals surface area contributed by atoms with Crippen LogP contribution in [0.1, 0.15) is 49.2 Å². The summed E-state index contributed by atoms with van der Waals surface area (Å²) < 4.78 is 87.4. The first-order valence-corrected chi connectivity index (χ1v) is 20.1. The van der Waals surface area contributed by atoms with Gasteiger partial charge in [-0.1, -0.05) is 53.6 Å². The Hall–Kier alpha value is -7.63. The van der Waals surface area contributed by atoms with Gasteiger partial charge in [0, 0.05) is 43.5 Å². The molecule has 0 aromatic heterocycles. The lowest BCUT2D eigenvalue weighted by atomic mass is 10.1. The number of hydrogen-bond acceptors (Lipinski definition) is 13. The number of carbonyl (C=O) groups is 4. The Balaban J connectivity index is 1.34. The second-order valence-electron chi connectivity index (χ2n) is 15.0. The highest BCUT2D eigenvalue weighted by molar-refractivity contribution is 6.02. The van der Waals surface area contributed by atoms with Crippen LogP contribution in [-0.2, 0) is 30.0 Å². The lowest BCUT2D eigenvalue weighted by Crippen LogP contribution is -2.56. The third kappa shape index (κ3) is 9.96. The summed E-state index contributed by atoms with van der Waals surface area (Å²) in [7, 11) is 2.74. The average molecular weight is 899 g/mol. The van der Waals surface area contributed by atoms with Gasteiger partial charge in [0.2, 0.25) is 24.4 Å². The van der Waals surface area contributed by atoms with E-state index in [1.807, 2.05) is 23.1 Å². The standard InChI is InChI=1S/C47H42F4N4O10/c1-27-11-15-29(16-12-27)43(58)63-39(42(56)57)40(64-44(59)30-17-13-28(2)14-18-30)45(60)65-41-34-9-6-10-35(48)38(34)52-46(55(41)36-25-31(47(49,50)51)19-20-37(36)62-4)54-23-21-53(22-24-54)32-7-5-8-33(26-32)61-3/h5-20,25-26,39-41H,21-24H2,1-4H3,(H,56,57)/t39?,40?,41-/m0/s1. The molecule has 18 heteroatoms. The van der Waals surface area contributed by atoms with Gasteiger partial charge in [0.05, 0.1) is 36.6 Å². The first-order chi connectivity index (χ1) is 31.1. The Morgan fingerprint density at radius 1 is 0.723 bits per heavy atom. The van der Waals surface area contributed by atoms with E-state index in [1.165, 1.54) is 50.6 Å². The Kier molecular flexibility index (Phi) is 13.3. The first-order valence-electron chi connectivity index (χ1n) is 20.1. The zero-order valence-electron chi connectivity index (χ0n) is 35.4. The summed E-state index contributed by atoms with van der Waals surface area (Å²) in [6, 6.07) is 25.2. The Morgan fingerprint density at radius 3 is 1.88 bits per heavy atom. The zero-order valence-corrected chi connectivity index (χ0v) is 35.4. The molecular weight excluding hydrogens is 857 g/mol. The fourth-order valence-corrected chi connectivity index (χ4v) is 7.25. The van der Waals surface area contributed by atoms with Crippen LogP contribution >= 0.6 is 0 Å². The summed E-state index contributed by atoms with van der Waals surface area (Å²) in [6.45, 7) is 4.47. The van der Waals surface area contributed by atoms with Crippen molar-refractivity contribution in [1.82, 2.24) is 4.90 Å². The van der Waals surface area contributed by atoms with Gasteiger partial charge in [0.1, 0.15) is 23.0 Å². The quantitative estimate of drug-likeness (QED) is 0.0734. The van der Waals surface area contributed by atoms with Crippen molar-refractivity contribution in [2.75, 3.05) is 50.2 Å². The van der Waals surface area contributed by atoms with E-state index in [2.05, 4.69) is 4.99 Å². The topological polar surface area (TPSA) is 157 Å². The van der Waals surface area contributed by atoms with E-state index < -0.39 is 59.9 Å². The molecule has 0 saturated carbocycles. The van der Waals surface area contributed by atoms with Crippen LogP contribution in [0.4, 0.5) is 34.6 Å². The summed E-state index contributed by atoms with van der Waals surface area (Å²) in [6.07, 6.45) is -11.9. The summed E-state index contributed by atoms with van der Waals surface area (Å²) >= 11 is 0. The van der Waals surface area contributed by atoms with Crippen molar-refractivity contribution in [2.45, 2.75) is 38.5 Å². The molecule has 1 N–H and O–H groups in total. The van der Waals surface area contributed by atoms with Gasteiger partial charge in [0.15, 0.2) is 0 Å². The predicted octanol–water partition coefficient (Wildman–Crippen LogP) is 7.89. The van der Waals surface area contributed by atoms with E-state index in [-0.39, 0.29) is 52.9 Å². The first kappa shape index (κ1) is 45.4. The molecule has 1 fully saturated rings. The van der Waals surface area contributed by atoms with E-state index in [0.717, 1.165) is 46.0 Å². The molecule has 3 atom stereocenters. The number of carboxylic acids is 1. The second kappa shape index (κ2) is 19.0. The van der Waals surface area contributed by atoms with E-state index >= 15 is 4.39 Å². The largest absolute Gasteiger partial charge is 0.497 e. The number of methoxy groups -OCH3 is 2. The van der Waals surface area contributed by atoms with Crippen LogP contribution < -0.4 is 19.3 Å². The molecule has 338 valence electrons. The number of para-hydroxylation sites is 1. The maximum Gasteiger partial charge on any atom is 0.416 e. The number of rotatable bonds is 12. The molecule has 0 radical (unpaired) electrons. The highest BCUT2D eigenvalue weighted by Gasteiger charge is 2.47. The van der Waals surface area contributed by atoms with E-state index in [0.29, 0.717) is 18.8 Å². The van der Waals surface area contributed by atoms with E-state index in [1.54, 1.807) is 49.1 Å². The number of nitrogens with zero attached hydrogens (tertiary/aromatic N) is 4. The van der Waals surface area contributed by atoms with Crippen molar-refractivity contribution in [3.63, 3.8) is 0 Å². The van der Waals surface area contributed by atoms with Crippen molar-refractivity contribution >= 4 is 46.9 Å². The molecule has 14 nitrogen and oxygen atoms in total. The summed E-state index contributed by atoms with van der Waals surface area (Å²) in [5.41, 5.74) is 0.0861. The molecule has 0 spiro atoms. The number of alkyl halides is 3. The number of esters is 3. The van der Waals surface area contributed by atoms with Crippen LogP contribution in [0, 0.1) is 19.7 Å². The predicted molar refractivity (Wildman–Crippen MR) is 228 cm³/mol. The van der Waals surface area contributed by atoms with Crippen molar-refractivity contribution in [1.29, 1.82) is 0 Å². The maximum absolute atomic E-state index is 16.0. The minimum atomic E-state index is -4.89. The number of benzene rings is 5.